The number of carbonyl (C=O) groups is 1. The van der Waals surface area contributed by atoms with Gasteiger partial charge < -0.3 is 15.6 Å². The first kappa shape index (κ1) is 17.2. The fraction of sp³-hybridized carbons (Fsp3) is 0.286. The molecular formula is C21H25N3O. The molecule has 3 N–H and O–H groups in total. The van der Waals surface area contributed by atoms with Crippen LogP contribution in [0.3, 0.4) is 0 Å². The highest BCUT2D eigenvalue weighted by atomic mass is 16.1. The Hall–Kier alpha value is -2.59. The van der Waals surface area contributed by atoms with Crippen molar-refractivity contribution in [3.05, 3.63) is 71.4 Å². The van der Waals surface area contributed by atoms with E-state index in [9.17, 15) is 4.79 Å². The smallest absolute Gasteiger partial charge is 0.221 e. The molecule has 1 aromatic heterocycles. The fourth-order valence-electron chi connectivity index (χ4n) is 3.02. The van der Waals surface area contributed by atoms with Crippen LogP contribution >= 0.6 is 0 Å². The zero-order valence-electron chi connectivity index (χ0n) is 14.6. The summed E-state index contributed by atoms with van der Waals surface area (Å²) in [6.45, 7) is 4.24. The normalized spacial score (nSPS) is 10.9. The van der Waals surface area contributed by atoms with Crippen molar-refractivity contribution in [3.63, 3.8) is 0 Å². The number of hydrogen-bond acceptors (Lipinski definition) is 2. The minimum absolute atomic E-state index is 0.0941. The topological polar surface area (TPSA) is 56.9 Å². The first-order valence-corrected chi connectivity index (χ1v) is 8.80. The molecule has 1 amide bonds. The number of para-hydroxylation sites is 1. The summed E-state index contributed by atoms with van der Waals surface area (Å²) in [6, 6.07) is 16.6. The van der Waals surface area contributed by atoms with Gasteiger partial charge in [-0.05, 0) is 30.5 Å². The van der Waals surface area contributed by atoms with E-state index in [-0.39, 0.29) is 5.91 Å². The summed E-state index contributed by atoms with van der Waals surface area (Å²) < 4.78 is 0. The average molecular weight is 335 g/mol. The monoisotopic (exact) mass is 335 g/mol. The number of aromatic nitrogens is 1. The molecule has 4 nitrogen and oxygen atoms in total. The van der Waals surface area contributed by atoms with E-state index in [1.165, 1.54) is 22.1 Å². The number of fused-ring (bicyclic) bond motifs is 1. The number of hydrogen-bond donors (Lipinski definition) is 3. The Bertz CT molecular complexity index is 838. The second-order valence-corrected chi connectivity index (χ2v) is 6.38. The standard InChI is InChI=1S/C21H25N3O/c1-16-5-4-6-17(13-16)14-22-11-10-21(25)23-12-9-18-15-24-20-8-3-2-7-19(18)20/h2-8,13,15,22,24H,9-12,14H2,1H3,(H,23,25). The highest BCUT2D eigenvalue weighted by Crippen LogP contribution is 2.17. The van der Waals surface area contributed by atoms with Crippen LogP contribution in [0.2, 0.25) is 0 Å². The number of rotatable bonds is 8. The summed E-state index contributed by atoms with van der Waals surface area (Å²) in [4.78, 5) is 15.2. The van der Waals surface area contributed by atoms with E-state index in [0.29, 0.717) is 19.5 Å². The molecule has 0 aliphatic carbocycles. The predicted octanol–water partition coefficient (Wildman–Crippen LogP) is 3.31. The van der Waals surface area contributed by atoms with E-state index in [2.05, 4.69) is 58.9 Å². The number of aromatic amines is 1. The van der Waals surface area contributed by atoms with Crippen LogP contribution in [0.4, 0.5) is 0 Å². The van der Waals surface area contributed by atoms with E-state index in [1.54, 1.807) is 0 Å². The van der Waals surface area contributed by atoms with Gasteiger partial charge in [0.25, 0.3) is 0 Å². The lowest BCUT2D eigenvalue weighted by Crippen LogP contribution is -2.29. The molecule has 3 rings (SSSR count). The molecule has 0 radical (unpaired) electrons. The van der Waals surface area contributed by atoms with E-state index in [4.69, 9.17) is 0 Å². The van der Waals surface area contributed by atoms with Gasteiger partial charge in [-0.15, -0.1) is 0 Å². The number of nitrogens with one attached hydrogen (secondary N) is 3. The van der Waals surface area contributed by atoms with Crippen LogP contribution in [0.1, 0.15) is 23.1 Å². The van der Waals surface area contributed by atoms with Crippen molar-refractivity contribution in [2.24, 2.45) is 0 Å². The van der Waals surface area contributed by atoms with Crippen molar-refractivity contribution in [1.29, 1.82) is 0 Å². The zero-order chi connectivity index (χ0) is 17.5. The molecule has 3 aromatic rings. The van der Waals surface area contributed by atoms with Gasteiger partial charge in [-0.25, -0.2) is 0 Å². The molecular weight excluding hydrogens is 310 g/mol. The largest absolute Gasteiger partial charge is 0.361 e. The van der Waals surface area contributed by atoms with Gasteiger partial charge in [0.15, 0.2) is 0 Å². The molecule has 0 atom stereocenters. The summed E-state index contributed by atoms with van der Waals surface area (Å²) in [5, 5.41) is 7.56. The third kappa shape index (κ3) is 4.94. The maximum Gasteiger partial charge on any atom is 0.221 e. The summed E-state index contributed by atoms with van der Waals surface area (Å²) in [5.41, 5.74) is 4.90. The zero-order valence-corrected chi connectivity index (χ0v) is 14.6. The van der Waals surface area contributed by atoms with Crippen molar-refractivity contribution in [2.75, 3.05) is 13.1 Å². The van der Waals surface area contributed by atoms with E-state index in [0.717, 1.165) is 18.5 Å². The summed E-state index contributed by atoms with van der Waals surface area (Å²) in [7, 11) is 0. The molecule has 2 aromatic carbocycles. The number of amides is 1. The molecule has 130 valence electrons. The van der Waals surface area contributed by atoms with Crippen LogP contribution in [0, 0.1) is 6.92 Å². The lowest BCUT2D eigenvalue weighted by atomic mass is 10.1. The highest BCUT2D eigenvalue weighted by molar-refractivity contribution is 5.83. The Labute approximate surface area is 148 Å². The molecule has 0 spiro atoms. The van der Waals surface area contributed by atoms with Crippen molar-refractivity contribution >= 4 is 16.8 Å². The van der Waals surface area contributed by atoms with E-state index < -0.39 is 0 Å². The SMILES string of the molecule is Cc1cccc(CNCCC(=O)NCCc2c[nH]c3ccccc23)c1. The van der Waals surface area contributed by atoms with Gasteiger partial charge in [0, 0.05) is 43.2 Å². The van der Waals surface area contributed by atoms with Crippen LogP contribution in [0.25, 0.3) is 10.9 Å². The van der Waals surface area contributed by atoms with Crippen LogP contribution in [-0.2, 0) is 17.8 Å². The van der Waals surface area contributed by atoms with Crippen LogP contribution in [0.15, 0.2) is 54.7 Å². The number of H-pyrrole nitrogens is 1. The van der Waals surface area contributed by atoms with Crippen molar-refractivity contribution in [1.82, 2.24) is 15.6 Å². The number of benzene rings is 2. The maximum atomic E-state index is 11.9. The Morgan fingerprint density at radius 1 is 1.08 bits per heavy atom. The Morgan fingerprint density at radius 3 is 2.84 bits per heavy atom. The average Bonchev–Trinajstić information content (AvgIpc) is 3.02. The van der Waals surface area contributed by atoms with E-state index in [1.807, 2.05) is 18.3 Å². The molecule has 0 aliphatic heterocycles. The van der Waals surface area contributed by atoms with Gasteiger partial charge in [0.05, 0.1) is 0 Å². The predicted molar refractivity (Wildman–Crippen MR) is 103 cm³/mol. The summed E-state index contributed by atoms with van der Waals surface area (Å²) in [6.07, 6.45) is 3.37. The molecule has 0 saturated carbocycles. The first-order chi connectivity index (χ1) is 12.2. The van der Waals surface area contributed by atoms with Crippen molar-refractivity contribution in [2.45, 2.75) is 26.3 Å². The minimum Gasteiger partial charge on any atom is -0.361 e. The molecule has 0 unspecified atom stereocenters. The lowest BCUT2D eigenvalue weighted by Gasteiger charge is -2.07. The second-order valence-electron chi connectivity index (χ2n) is 6.38. The molecule has 25 heavy (non-hydrogen) atoms. The second kappa shape index (κ2) is 8.49. The Balaban J connectivity index is 1.34. The van der Waals surface area contributed by atoms with Crippen molar-refractivity contribution < 1.29 is 4.79 Å². The van der Waals surface area contributed by atoms with Gasteiger partial charge in [-0.1, -0.05) is 48.0 Å². The Kier molecular flexibility index (Phi) is 5.86. The summed E-state index contributed by atoms with van der Waals surface area (Å²) in [5.74, 6) is 0.0941. The van der Waals surface area contributed by atoms with Gasteiger partial charge in [-0.3, -0.25) is 4.79 Å². The lowest BCUT2D eigenvalue weighted by molar-refractivity contribution is -0.120. The fourth-order valence-corrected chi connectivity index (χ4v) is 3.02. The molecule has 4 heteroatoms. The minimum atomic E-state index is 0.0941. The molecule has 0 bridgehead atoms. The third-order valence-corrected chi connectivity index (χ3v) is 4.33. The van der Waals surface area contributed by atoms with Gasteiger partial charge in [0.2, 0.25) is 5.91 Å². The van der Waals surface area contributed by atoms with Gasteiger partial charge in [-0.2, -0.15) is 0 Å². The quantitative estimate of drug-likeness (QED) is 0.553. The molecule has 1 heterocycles. The van der Waals surface area contributed by atoms with Crippen LogP contribution in [0.5, 0.6) is 0 Å². The molecule has 0 saturated heterocycles. The summed E-state index contributed by atoms with van der Waals surface area (Å²) >= 11 is 0. The van der Waals surface area contributed by atoms with Gasteiger partial charge in [0.1, 0.15) is 0 Å². The van der Waals surface area contributed by atoms with Crippen molar-refractivity contribution in [3.8, 4) is 0 Å². The van der Waals surface area contributed by atoms with Crippen LogP contribution < -0.4 is 10.6 Å². The molecule has 0 aliphatic rings. The number of aryl methyl sites for hydroxylation is 1. The molecule has 0 fully saturated rings. The number of carbonyl (C=O) groups excluding carboxylic acids is 1. The van der Waals surface area contributed by atoms with Gasteiger partial charge >= 0.3 is 0 Å². The first-order valence-electron chi connectivity index (χ1n) is 8.80. The third-order valence-electron chi connectivity index (χ3n) is 4.33. The Morgan fingerprint density at radius 2 is 1.96 bits per heavy atom. The maximum absolute atomic E-state index is 11.9. The van der Waals surface area contributed by atoms with E-state index >= 15 is 0 Å². The van der Waals surface area contributed by atoms with Crippen LogP contribution in [-0.4, -0.2) is 24.0 Å². The highest BCUT2D eigenvalue weighted by Gasteiger charge is 2.04.